The summed E-state index contributed by atoms with van der Waals surface area (Å²) in [5.41, 5.74) is 0.679. The number of aryl methyl sites for hydroxylation is 1. The van der Waals surface area contributed by atoms with Gasteiger partial charge >= 0.3 is 0 Å². The Kier molecular flexibility index (Phi) is 6.01. The molecular weight excluding hydrogens is 448 g/mol. The van der Waals surface area contributed by atoms with Crippen LogP contribution in [0.4, 0.5) is 5.69 Å². The van der Waals surface area contributed by atoms with Gasteiger partial charge in [0.15, 0.2) is 5.69 Å². The summed E-state index contributed by atoms with van der Waals surface area (Å²) in [6.45, 7) is 3.72. The van der Waals surface area contributed by atoms with Gasteiger partial charge in [0, 0.05) is 24.2 Å². The lowest BCUT2D eigenvalue weighted by molar-refractivity contribution is 0.101. The van der Waals surface area contributed by atoms with Crippen molar-refractivity contribution in [2.75, 3.05) is 5.32 Å². The molecular formula is C22H21ClN6O4. The molecule has 0 aliphatic rings. The van der Waals surface area contributed by atoms with Gasteiger partial charge in [-0.2, -0.15) is 5.10 Å². The third kappa shape index (κ3) is 4.24. The van der Waals surface area contributed by atoms with Gasteiger partial charge in [-0.05, 0) is 24.6 Å². The molecule has 0 fully saturated rings. The minimum atomic E-state index is -0.772. The molecule has 0 saturated carbocycles. The minimum absolute atomic E-state index is 0.262. The number of aromatic hydroxyl groups is 1. The van der Waals surface area contributed by atoms with Crippen molar-refractivity contribution in [3.8, 4) is 5.75 Å². The smallest absolute Gasteiger partial charge is 0.296 e. The van der Waals surface area contributed by atoms with Gasteiger partial charge in [0.1, 0.15) is 17.8 Å². The lowest BCUT2D eigenvalue weighted by Crippen LogP contribution is -2.30. The van der Waals surface area contributed by atoms with Crippen molar-refractivity contribution < 1.29 is 14.4 Å². The number of halogens is 1. The van der Waals surface area contributed by atoms with E-state index in [1.165, 1.54) is 24.1 Å². The maximum Gasteiger partial charge on any atom is 0.296 e. The third-order valence-electron chi connectivity index (χ3n) is 5.34. The average Bonchev–Trinajstić information content (AvgIpc) is 3.45. The summed E-state index contributed by atoms with van der Waals surface area (Å²) in [5.74, 6) is -1.73. The number of carbonyl (C=O) groups excluding carboxylic acids is 1. The first-order chi connectivity index (χ1) is 15.8. The largest absolute Gasteiger partial charge is 0.501 e. The summed E-state index contributed by atoms with van der Waals surface area (Å²) < 4.78 is 7.66. The quantitative estimate of drug-likeness (QED) is 0.444. The Hall–Kier alpha value is -3.92. The molecule has 2 N–H and O–H groups in total. The van der Waals surface area contributed by atoms with Crippen LogP contribution in [0.15, 0.2) is 58.3 Å². The zero-order valence-electron chi connectivity index (χ0n) is 18.1. The van der Waals surface area contributed by atoms with Crippen LogP contribution in [0.2, 0.25) is 5.02 Å². The topological polar surface area (TPSA) is 128 Å². The number of nitrogens with one attached hydrogen (secondary N) is 1. The monoisotopic (exact) mass is 468 g/mol. The van der Waals surface area contributed by atoms with Crippen LogP contribution in [0.3, 0.4) is 0 Å². The van der Waals surface area contributed by atoms with Crippen LogP contribution in [0.25, 0.3) is 0 Å². The van der Waals surface area contributed by atoms with Gasteiger partial charge in [-0.1, -0.05) is 41.9 Å². The third-order valence-corrected chi connectivity index (χ3v) is 5.68. The van der Waals surface area contributed by atoms with Crippen molar-refractivity contribution in [1.82, 2.24) is 24.5 Å². The van der Waals surface area contributed by atoms with Crippen LogP contribution < -0.4 is 10.9 Å². The van der Waals surface area contributed by atoms with E-state index in [-0.39, 0.29) is 11.5 Å². The van der Waals surface area contributed by atoms with Gasteiger partial charge in [-0.25, -0.2) is 4.98 Å². The highest BCUT2D eigenvalue weighted by atomic mass is 35.5. The van der Waals surface area contributed by atoms with E-state index < -0.39 is 34.9 Å². The fraction of sp³-hybridized carbons (Fsp3) is 0.227. The summed E-state index contributed by atoms with van der Waals surface area (Å²) in [5, 5.41) is 21.4. The number of carbonyl (C=O) groups is 1. The Bertz CT molecular complexity index is 1360. The van der Waals surface area contributed by atoms with Crippen molar-refractivity contribution in [2.24, 2.45) is 7.05 Å². The fourth-order valence-electron chi connectivity index (χ4n) is 3.71. The molecule has 4 rings (SSSR count). The second-order valence-electron chi connectivity index (χ2n) is 7.59. The number of anilines is 1. The first kappa shape index (κ1) is 22.3. The highest BCUT2D eigenvalue weighted by Crippen LogP contribution is 2.36. The number of hydrogen-bond donors (Lipinski definition) is 2. The summed E-state index contributed by atoms with van der Waals surface area (Å²) in [7, 11) is 1.49. The second kappa shape index (κ2) is 8.91. The van der Waals surface area contributed by atoms with E-state index in [2.05, 4.69) is 20.6 Å². The van der Waals surface area contributed by atoms with E-state index in [4.69, 9.17) is 16.1 Å². The Balaban J connectivity index is 1.83. The number of rotatable bonds is 6. The van der Waals surface area contributed by atoms with Crippen LogP contribution in [0.1, 0.15) is 46.5 Å². The highest BCUT2D eigenvalue weighted by molar-refractivity contribution is 6.31. The van der Waals surface area contributed by atoms with Crippen LogP contribution >= 0.6 is 11.6 Å². The van der Waals surface area contributed by atoms with Gasteiger partial charge in [-0.15, -0.1) is 0 Å². The molecule has 170 valence electrons. The lowest BCUT2D eigenvalue weighted by Gasteiger charge is -2.27. The SMILES string of the molecule is Cc1ccn(C(c2ccccc2Cl)C(C)c2nc(C(=O)Nc3cnoc3)c(O)c(=O)n2C)n1. The molecule has 1 aromatic carbocycles. The van der Waals surface area contributed by atoms with Crippen LogP contribution in [0.5, 0.6) is 5.75 Å². The summed E-state index contributed by atoms with van der Waals surface area (Å²) >= 11 is 6.52. The maximum absolute atomic E-state index is 12.8. The molecule has 3 aromatic heterocycles. The van der Waals surface area contributed by atoms with Crippen LogP contribution in [-0.2, 0) is 7.05 Å². The number of benzene rings is 1. The molecule has 10 nitrogen and oxygen atoms in total. The molecule has 0 saturated heterocycles. The Morgan fingerprint density at radius 2 is 2.03 bits per heavy atom. The van der Waals surface area contributed by atoms with Crippen molar-refractivity contribution in [3.63, 3.8) is 0 Å². The molecule has 2 unspecified atom stereocenters. The van der Waals surface area contributed by atoms with Gasteiger partial charge in [0.2, 0.25) is 5.75 Å². The van der Waals surface area contributed by atoms with Crippen molar-refractivity contribution in [1.29, 1.82) is 0 Å². The van der Waals surface area contributed by atoms with Crippen LogP contribution in [0, 0.1) is 6.92 Å². The first-order valence-electron chi connectivity index (χ1n) is 10.0. The zero-order chi connectivity index (χ0) is 23.7. The van der Waals surface area contributed by atoms with E-state index >= 15 is 0 Å². The maximum atomic E-state index is 12.8. The Morgan fingerprint density at radius 1 is 1.27 bits per heavy atom. The van der Waals surface area contributed by atoms with Gasteiger partial charge in [0.25, 0.3) is 11.5 Å². The van der Waals surface area contributed by atoms with E-state index in [1.54, 1.807) is 10.7 Å². The number of aromatic nitrogens is 5. The highest BCUT2D eigenvalue weighted by Gasteiger charge is 2.31. The normalized spacial score (nSPS) is 13.0. The van der Waals surface area contributed by atoms with Gasteiger partial charge in [0.05, 0.1) is 17.9 Å². The predicted octanol–water partition coefficient (Wildman–Crippen LogP) is 3.28. The molecule has 0 bridgehead atoms. The molecule has 3 heterocycles. The standard InChI is InChI=1S/C22H21ClN6O4/c1-12-8-9-29(27-12)18(15-6-4-5-7-16(15)23)13(2)20-26-17(19(30)22(32)28(20)3)21(31)25-14-10-24-33-11-14/h4-11,13,18,30H,1-3H3,(H,25,31). The van der Waals surface area contributed by atoms with Crippen molar-refractivity contribution in [2.45, 2.75) is 25.8 Å². The summed E-state index contributed by atoms with van der Waals surface area (Å²) in [6, 6.07) is 8.75. The average molecular weight is 469 g/mol. The summed E-state index contributed by atoms with van der Waals surface area (Å²) in [6.07, 6.45) is 4.32. The number of amides is 1. The van der Waals surface area contributed by atoms with E-state index in [0.29, 0.717) is 5.02 Å². The van der Waals surface area contributed by atoms with E-state index in [0.717, 1.165) is 11.3 Å². The van der Waals surface area contributed by atoms with Gasteiger partial charge in [-0.3, -0.25) is 18.8 Å². The lowest BCUT2D eigenvalue weighted by atomic mass is 9.93. The van der Waals surface area contributed by atoms with Gasteiger partial charge < -0.3 is 14.9 Å². The molecule has 1 amide bonds. The van der Waals surface area contributed by atoms with Crippen LogP contribution in [-0.4, -0.2) is 35.5 Å². The van der Waals surface area contributed by atoms with E-state index in [1.807, 2.05) is 44.3 Å². The molecule has 0 aliphatic carbocycles. The molecule has 0 spiro atoms. The first-order valence-corrected chi connectivity index (χ1v) is 10.4. The van der Waals surface area contributed by atoms with Crippen molar-refractivity contribution in [3.05, 3.63) is 87.1 Å². The zero-order valence-corrected chi connectivity index (χ0v) is 18.8. The fourth-order valence-corrected chi connectivity index (χ4v) is 3.96. The molecule has 0 aliphatic heterocycles. The van der Waals surface area contributed by atoms with E-state index in [9.17, 15) is 14.7 Å². The molecule has 2 atom stereocenters. The summed E-state index contributed by atoms with van der Waals surface area (Å²) in [4.78, 5) is 29.9. The predicted molar refractivity (Wildman–Crippen MR) is 121 cm³/mol. The molecule has 33 heavy (non-hydrogen) atoms. The minimum Gasteiger partial charge on any atom is -0.501 e. The van der Waals surface area contributed by atoms with Crippen molar-refractivity contribution >= 4 is 23.2 Å². The molecule has 4 aromatic rings. The number of nitrogens with zero attached hydrogens (tertiary/aromatic N) is 5. The Labute approximate surface area is 193 Å². The number of hydrogen-bond acceptors (Lipinski definition) is 7. The Morgan fingerprint density at radius 3 is 2.67 bits per heavy atom. The second-order valence-corrected chi connectivity index (χ2v) is 8.00. The molecule has 0 radical (unpaired) electrons. The molecule has 11 heteroatoms.